The fourth-order valence-corrected chi connectivity index (χ4v) is 7.23. The lowest BCUT2D eigenvalue weighted by Crippen LogP contribution is -2.60. The zero-order valence-corrected chi connectivity index (χ0v) is 33.7. The highest BCUT2D eigenvalue weighted by atomic mass is 16.2. The quantitative estimate of drug-likeness (QED) is 0.0725. The van der Waals surface area contributed by atoms with Crippen molar-refractivity contribution in [1.82, 2.24) is 26.6 Å². The van der Waals surface area contributed by atoms with Crippen molar-refractivity contribution in [3.63, 3.8) is 0 Å². The van der Waals surface area contributed by atoms with Crippen LogP contribution >= 0.6 is 0 Å². The molecule has 0 aromatic heterocycles. The van der Waals surface area contributed by atoms with Gasteiger partial charge in [-0.05, 0) is 48.1 Å². The molecule has 0 radical (unpaired) electrons. The van der Waals surface area contributed by atoms with Crippen molar-refractivity contribution in [3.05, 3.63) is 97.1 Å². The first-order valence-corrected chi connectivity index (χ1v) is 20.2. The number of Topliss-reactive ketones (excluding diaryl/α,β-unsaturated/α-hetero) is 1. The SMILES string of the molecule is C=CCNC(=O)C(=O)C(CC=C)NC(=O)[C@H](CC1CCCCC1)NC(=O)[C@@H](NC(=O)[C@H](CC(C)C)NC(=O)CC(c1ccccc1)c1ccccc1)[C@H](C)CC. The molecule has 0 saturated heterocycles. The lowest BCUT2D eigenvalue weighted by molar-refractivity contribution is -0.140. The summed E-state index contributed by atoms with van der Waals surface area (Å²) in [4.78, 5) is 81.4. The van der Waals surface area contributed by atoms with Crippen molar-refractivity contribution in [2.24, 2.45) is 17.8 Å². The number of nitrogens with one attached hydrogen (secondary N) is 5. The summed E-state index contributed by atoms with van der Waals surface area (Å²) in [5.41, 5.74) is 1.96. The molecule has 1 unspecified atom stereocenters. The predicted molar refractivity (Wildman–Crippen MR) is 220 cm³/mol. The molecule has 0 spiro atoms. The minimum absolute atomic E-state index is 0.0160. The third-order valence-electron chi connectivity index (χ3n) is 10.5. The summed E-state index contributed by atoms with van der Waals surface area (Å²) >= 11 is 0. The second kappa shape index (κ2) is 23.8. The molecule has 0 heterocycles. The summed E-state index contributed by atoms with van der Waals surface area (Å²) in [5.74, 6) is -3.93. The number of benzene rings is 2. The second-order valence-corrected chi connectivity index (χ2v) is 15.4. The van der Waals surface area contributed by atoms with E-state index in [0.717, 1.165) is 43.2 Å². The molecule has 3 rings (SSSR count). The van der Waals surface area contributed by atoms with Gasteiger partial charge in [0.2, 0.25) is 29.4 Å². The molecule has 1 saturated carbocycles. The standard InChI is InChI=1S/C45H63N5O6/c1-7-19-36(41(52)45(56)46-26-8-2)48-42(53)38(28-32-20-13-10-14-21-32)49-44(55)40(31(6)9-3)50-43(54)37(27-30(4)5)47-39(51)29-35(33-22-15-11-16-23-33)34-24-17-12-18-25-34/h7-8,11-12,15-18,22-25,30-32,35-38,40H,1-2,9-10,13-14,19-21,26-29H2,3-6H3,(H,46,56)(H,47,51)(H,48,53)(H,49,55)(H,50,54)/t31-,36?,37+,38+,40+/m1/s1. The minimum atomic E-state index is -1.18. The molecule has 0 aliphatic heterocycles. The Morgan fingerprint density at radius 1 is 0.714 bits per heavy atom. The van der Waals surface area contributed by atoms with E-state index in [1.165, 1.54) is 12.2 Å². The van der Waals surface area contributed by atoms with Gasteiger partial charge in [0, 0.05) is 18.9 Å². The average molecular weight is 770 g/mol. The van der Waals surface area contributed by atoms with Crippen LogP contribution in [0.25, 0.3) is 0 Å². The smallest absolute Gasteiger partial charge is 0.289 e. The van der Waals surface area contributed by atoms with Crippen LogP contribution < -0.4 is 26.6 Å². The van der Waals surface area contributed by atoms with E-state index in [1.54, 1.807) is 0 Å². The Balaban J connectivity index is 1.82. The van der Waals surface area contributed by atoms with Crippen LogP contribution in [0.15, 0.2) is 86.0 Å². The zero-order valence-electron chi connectivity index (χ0n) is 33.7. The molecule has 304 valence electrons. The summed E-state index contributed by atoms with van der Waals surface area (Å²) in [5, 5.41) is 14.0. The molecule has 1 aliphatic carbocycles. The minimum Gasteiger partial charge on any atom is -0.346 e. The number of rotatable bonds is 23. The highest BCUT2D eigenvalue weighted by Gasteiger charge is 2.35. The van der Waals surface area contributed by atoms with E-state index in [1.807, 2.05) is 88.4 Å². The molecule has 1 aliphatic rings. The summed E-state index contributed by atoms with van der Waals surface area (Å²) in [6.07, 6.45) is 9.19. The van der Waals surface area contributed by atoms with Crippen molar-refractivity contribution in [2.45, 2.75) is 122 Å². The van der Waals surface area contributed by atoms with Gasteiger partial charge in [0.1, 0.15) is 24.2 Å². The molecule has 2 aromatic carbocycles. The first kappa shape index (κ1) is 45.3. The summed E-state index contributed by atoms with van der Waals surface area (Å²) in [7, 11) is 0. The van der Waals surface area contributed by atoms with Crippen LogP contribution in [0, 0.1) is 17.8 Å². The maximum Gasteiger partial charge on any atom is 0.289 e. The Morgan fingerprint density at radius 2 is 1.29 bits per heavy atom. The second-order valence-electron chi connectivity index (χ2n) is 15.4. The first-order valence-electron chi connectivity index (χ1n) is 20.2. The summed E-state index contributed by atoms with van der Waals surface area (Å²) in [6, 6.07) is 15.4. The number of hydrogen-bond donors (Lipinski definition) is 5. The fraction of sp³-hybridized carbons (Fsp3) is 0.511. The third kappa shape index (κ3) is 14.5. The van der Waals surface area contributed by atoms with Gasteiger partial charge >= 0.3 is 0 Å². The van der Waals surface area contributed by atoms with E-state index in [2.05, 4.69) is 39.7 Å². The molecule has 11 heteroatoms. The van der Waals surface area contributed by atoms with Crippen molar-refractivity contribution >= 4 is 35.3 Å². The normalized spacial score (nSPS) is 15.7. The largest absolute Gasteiger partial charge is 0.346 e. The van der Waals surface area contributed by atoms with Gasteiger partial charge in [-0.3, -0.25) is 28.8 Å². The summed E-state index contributed by atoms with van der Waals surface area (Å²) in [6.45, 7) is 15.0. The lowest BCUT2D eigenvalue weighted by atomic mass is 9.84. The van der Waals surface area contributed by atoms with Crippen molar-refractivity contribution in [3.8, 4) is 0 Å². The lowest BCUT2D eigenvalue weighted by Gasteiger charge is -2.31. The molecule has 56 heavy (non-hydrogen) atoms. The van der Waals surface area contributed by atoms with Gasteiger partial charge in [0.05, 0.1) is 0 Å². The highest BCUT2D eigenvalue weighted by Crippen LogP contribution is 2.29. The average Bonchev–Trinajstić information content (AvgIpc) is 3.20. The Bertz CT molecular complexity index is 1570. The number of carbonyl (C=O) groups is 6. The van der Waals surface area contributed by atoms with Crippen LogP contribution in [-0.2, 0) is 28.8 Å². The molecule has 11 nitrogen and oxygen atoms in total. The van der Waals surface area contributed by atoms with Gasteiger partial charge in [0.15, 0.2) is 0 Å². The number of amides is 5. The molecular formula is C45H63N5O6. The highest BCUT2D eigenvalue weighted by molar-refractivity contribution is 6.38. The van der Waals surface area contributed by atoms with E-state index in [0.29, 0.717) is 19.3 Å². The van der Waals surface area contributed by atoms with E-state index in [4.69, 9.17) is 0 Å². The predicted octanol–water partition coefficient (Wildman–Crippen LogP) is 5.66. The number of carbonyl (C=O) groups excluding carboxylic acids is 6. The third-order valence-corrected chi connectivity index (χ3v) is 10.5. The Hall–Kier alpha value is -5.06. The molecular weight excluding hydrogens is 707 g/mol. The molecule has 2 aromatic rings. The van der Waals surface area contributed by atoms with Crippen LogP contribution in [0.3, 0.4) is 0 Å². The monoisotopic (exact) mass is 769 g/mol. The number of ketones is 1. The maximum atomic E-state index is 14.2. The van der Waals surface area contributed by atoms with Gasteiger partial charge in [0.25, 0.3) is 5.91 Å². The van der Waals surface area contributed by atoms with Crippen LogP contribution in [0.5, 0.6) is 0 Å². The zero-order chi connectivity index (χ0) is 41.0. The Labute approximate surface area is 333 Å². The van der Waals surface area contributed by atoms with Crippen molar-refractivity contribution < 1.29 is 28.8 Å². The molecule has 5 amide bonds. The van der Waals surface area contributed by atoms with Gasteiger partial charge in [-0.1, -0.05) is 139 Å². The summed E-state index contributed by atoms with van der Waals surface area (Å²) < 4.78 is 0. The van der Waals surface area contributed by atoms with Crippen LogP contribution in [-0.4, -0.2) is 66.0 Å². The van der Waals surface area contributed by atoms with Crippen LogP contribution in [0.2, 0.25) is 0 Å². The van der Waals surface area contributed by atoms with Crippen LogP contribution in [0.4, 0.5) is 0 Å². The van der Waals surface area contributed by atoms with Crippen molar-refractivity contribution in [1.29, 1.82) is 0 Å². The van der Waals surface area contributed by atoms with E-state index in [9.17, 15) is 28.8 Å². The van der Waals surface area contributed by atoms with E-state index in [-0.39, 0.29) is 49.0 Å². The fourth-order valence-electron chi connectivity index (χ4n) is 7.23. The first-order chi connectivity index (χ1) is 26.9. The van der Waals surface area contributed by atoms with E-state index >= 15 is 0 Å². The van der Waals surface area contributed by atoms with Gasteiger partial charge in [-0.15, -0.1) is 13.2 Å². The van der Waals surface area contributed by atoms with Gasteiger partial charge < -0.3 is 26.6 Å². The Morgan fingerprint density at radius 3 is 1.82 bits per heavy atom. The van der Waals surface area contributed by atoms with Gasteiger partial charge in [-0.2, -0.15) is 0 Å². The molecule has 5 N–H and O–H groups in total. The van der Waals surface area contributed by atoms with Crippen LogP contribution in [0.1, 0.15) is 109 Å². The van der Waals surface area contributed by atoms with E-state index < -0.39 is 53.6 Å². The molecule has 0 bridgehead atoms. The molecule has 5 atom stereocenters. The van der Waals surface area contributed by atoms with Crippen molar-refractivity contribution in [2.75, 3.05) is 6.54 Å². The molecule has 1 fully saturated rings. The topological polar surface area (TPSA) is 163 Å². The maximum absolute atomic E-state index is 14.2. The van der Waals surface area contributed by atoms with Gasteiger partial charge in [-0.25, -0.2) is 0 Å². The number of hydrogen-bond acceptors (Lipinski definition) is 6. The Kier molecular flexibility index (Phi) is 19.2.